The SMILES string of the molecule is CC(C)NC(=O)CNC(=O)c1cc(Br)ccc1NC(=O)c1cccc(Cl)c1. The number of amides is 3. The van der Waals surface area contributed by atoms with Crippen molar-refractivity contribution in [2.24, 2.45) is 0 Å². The first-order valence-electron chi connectivity index (χ1n) is 8.20. The topological polar surface area (TPSA) is 87.3 Å². The zero-order valence-electron chi connectivity index (χ0n) is 14.8. The molecule has 6 nitrogen and oxygen atoms in total. The average Bonchev–Trinajstić information content (AvgIpc) is 2.60. The van der Waals surface area contributed by atoms with Gasteiger partial charge in [0.1, 0.15) is 0 Å². The predicted octanol–water partition coefficient (Wildman–Crippen LogP) is 3.61. The van der Waals surface area contributed by atoms with Gasteiger partial charge in [-0.05, 0) is 50.2 Å². The fourth-order valence-electron chi connectivity index (χ4n) is 2.27. The molecule has 0 atom stereocenters. The molecule has 0 unspecified atom stereocenters. The summed E-state index contributed by atoms with van der Waals surface area (Å²) in [6.45, 7) is 3.50. The molecule has 0 spiro atoms. The Balaban J connectivity index is 2.15. The van der Waals surface area contributed by atoms with Crippen LogP contribution in [0.1, 0.15) is 34.6 Å². The van der Waals surface area contributed by atoms with Crippen LogP contribution in [0.25, 0.3) is 0 Å². The second-order valence-electron chi connectivity index (χ2n) is 6.06. The van der Waals surface area contributed by atoms with Crippen LogP contribution in [0.2, 0.25) is 5.02 Å². The molecule has 3 N–H and O–H groups in total. The first-order chi connectivity index (χ1) is 12.8. The van der Waals surface area contributed by atoms with E-state index in [-0.39, 0.29) is 24.1 Å². The molecule has 0 bridgehead atoms. The highest BCUT2D eigenvalue weighted by Crippen LogP contribution is 2.22. The highest BCUT2D eigenvalue weighted by molar-refractivity contribution is 9.10. The number of carbonyl (C=O) groups is 3. The zero-order valence-corrected chi connectivity index (χ0v) is 17.1. The van der Waals surface area contributed by atoms with Gasteiger partial charge >= 0.3 is 0 Å². The van der Waals surface area contributed by atoms with Gasteiger partial charge in [0.05, 0.1) is 17.8 Å². The molecule has 0 aliphatic carbocycles. The van der Waals surface area contributed by atoms with Gasteiger partial charge in [0.25, 0.3) is 11.8 Å². The lowest BCUT2D eigenvalue weighted by atomic mass is 10.1. The Hall–Kier alpha value is -2.38. The van der Waals surface area contributed by atoms with Gasteiger partial charge in [0.15, 0.2) is 0 Å². The average molecular weight is 453 g/mol. The fraction of sp³-hybridized carbons (Fsp3) is 0.211. The molecule has 0 aromatic heterocycles. The lowest BCUT2D eigenvalue weighted by Gasteiger charge is -2.13. The van der Waals surface area contributed by atoms with E-state index in [0.717, 1.165) is 0 Å². The van der Waals surface area contributed by atoms with Gasteiger partial charge in [0.2, 0.25) is 5.91 Å². The molecule has 2 aromatic carbocycles. The van der Waals surface area contributed by atoms with E-state index in [2.05, 4.69) is 31.9 Å². The molecule has 8 heteroatoms. The maximum Gasteiger partial charge on any atom is 0.255 e. The minimum absolute atomic E-state index is 0.0205. The molecule has 0 heterocycles. The summed E-state index contributed by atoms with van der Waals surface area (Å²) in [5.74, 6) is -1.17. The van der Waals surface area contributed by atoms with Crippen molar-refractivity contribution in [2.45, 2.75) is 19.9 Å². The maximum absolute atomic E-state index is 12.5. The van der Waals surface area contributed by atoms with Crippen LogP contribution < -0.4 is 16.0 Å². The van der Waals surface area contributed by atoms with Crippen LogP contribution >= 0.6 is 27.5 Å². The van der Waals surface area contributed by atoms with E-state index in [1.165, 1.54) is 6.07 Å². The van der Waals surface area contributed by atoms with Gasteiger partial charge in [-0.1, -0.05) is 33.6 Å². The van der Waals surface area contributed by atoms with Gasteiger partial charge in [-0.25, -0.2) is 0 Å². The monoisotopic (exact) mass is 451 g/mol. The van der Waals surface area contributed by atoms with E-state index < -0.39 is 11.8 Å². The molecule has 2 rings (SSSR count). The third kappa shape index (κ3) is 6.37. The largest absolute Gasteiger partial charge is 0.352 e. The zero-order chi connectivity index (χ0) is 20.0. The number of carbonyl (C=O) groups excluding carboxylic acids is 3. The normalized spacial score (nSPS) is 10.4. The standard InChI is InChI=1S/C19H19BrClN3O3/c1-11(2)23-17(25)10-22-19(27)15-9-13(20)6-7-16(15)24-18(26)12-4-3-5-14(21)8-12/h3-9,11H,10H2,1-2H3,(H,22,27)(H,23,25)(H,24,26). The van der Waals surface area contributed by atoms with Crippen LogP contribution in [0.5, 0.6) is 0 Å². The second-order valence-corrected chi connectivity index (χ2v) is 7.41. The van der Waals surface area contributed by atoms with E-state index in [0.29, 0.717) is 20.7 Å². The van der Waals surface area contributed by atoms with Gasteiger partial charge in [-0.3, -0.25) is 14.4 Å². The number of hydrogen-bond acceptors (Lipinski definition) is 3. The van der Waals surface area contributed by atoms with Gasteiger partial charge < -0.3 is 16.0 Å². The van der Waals surface area contributed by atoms with E-state index >= 15 is 0 Å². The summed E-state index contributed by atoms with van der Waals surface area (Å²) in [6.07, 6.45) is 0. The molecule has 0 aliphatic heterocycles. The molecule has 142 valence electrons. The quantitative estimate of drug-likeness (QED) is 0.626. The Bertz CT molecular complexity index is 871. The smallest absolute Gasteiger partial charge is 0.255 e. The van der Waals surface area contributed by atoms with Crippen molar-refractivity contribution in [2.75, 3.05) is 11.9 Å². The third-order valence-corrected chi connectivity index (χ3v) is 4.15. The minimum Gasteiger partial charge on any atom is -0.352 e. The van der Waals surface area contributed by atoms with Crippen LogP contribution in [-0.2, 0) is 4.79 Å². The van der Waals surface area contributed by atoms with E-state index in [1.807, 2.05) is 13.8 Å². The number of anilines is 1. The summed E-state index contributed by atoms with van der Waals surface area (Å²) in [5.41, 5.74) is 0.926. The van der Waals surface area contributed by atoms with Gasteiger partial charge in [0, 0.05) is 21.1 Å². The first-order valence-corrected chi connectivity index (χ1v) is 9.37. The number of benzene rings is 2. The first kappa shape index (κ1) is 20.9. The van der Waals surface area contributed by atoms with Crippen molar-refractivity contribution in [1.82, 2.24) is 10.6 Å². The van der Waals surface area contributed by atoms with Crippen LogP contribution in [0.4, 0.5) is 5.69 Å². The molecular formula is C19H19BrClN3O3. The van der Waals surface area contributed by atoms with Crippen LogP contribution in [0.3, 0.4) is 0 Å². The number of nitrogens with one attached hydrogen (secondary N) is 3. The number of rotatable bonds is 6. The highest BCUT2D eigenvalue weighted by atomic mass is 79.9. The predicted molar refractivity (Wildman–Crippen MR) is 109 cm³/mol. The lowest BCUT2D eigenvalue weighted by Crippen LogP contribution is -2.40. The Labute approximate surface area is 170 Å². The van der Waals surface area contributed by atoms with E-state index in [9.17, 15) is 14.4 Å². The minimum atomic E-state index is -0.475. The molecule has 27 heavy (non-hydrogen) atoms. The molecular weight excluding hydrogens is 434 g/mol. The summed E-state index contributed by atoms with van der Waals surface area (Å²) in [7, 11) is 0. The second kappa shape index (κ2) is 9.53. The molecule has 0 saturated carbocycles. The van der Waals surface area contributed by atoms with Crippen molar-refractivity contribution < 1.29 is 14.4 Å². The van der Waals surface area contributed by atoms with Crippen molar-refractivity contribution in [3.63, 3.8) is 0 Å². The van der Waals surface area contributed by atoms with E-state index in [1.54, 1.807) is 36.4 Å². The molecule has 0 fully saturated rings. The Morgan fingerprint density at radius 2 is 1.81 bits per heavy atom. The number of halogens is 2. The fourth-order valence-corrected chi connectivity index (χ4v) is 2.82. The summed E-state index contributed by atoms with van der Waals surface area (Å²) in [5, 5.41) is 8.38. The summed E-state index contributed by atoms with van der Waals surface area (Å²) < 4.78 is 0.667. The third-order valence-electron chi connectivity index (χ3n) is 3.42. The van der Waals surface area contributed by atoms with Crippen LogP contribution in [0, 0.1) is 0 Å². The molecule has 0 saturated heterocycles. The molecule has 2 aromatic rings. The van der Waals surface area contributed by atoms with Crippen molar-refractivity contribution in [3.05, 3.63) is 63.1 Å². The van der Waals surface area contributed by atoms with Crippen molar-refractivity contribution in [3.8, 4) is 0 Å². The van der Waals surface area contributed by atoms with Gasteiger partial charge in [-0.15, -0.1) is 0 Å². The van der Waals surface area contributed by atoms with Crippen molar-refractivity contribution in [1.29, 1.82) is 0 Å². The molecule has 0 aliphatic rings. The van der Waals surface area contributed by atoms with Crippen molar-refractivity contribution >= 4 is 50.9 Å². The molecule has 0 radical (unpaired) electrons. The lowest BCUT2D eigenvalue weighted by molar-refractivity contribution is -0.120. The summed E-state index contributed by atoms with van der Waals surface area (Å²) in [6, 6.07) is 11.3. The Morgan fingerprint density at radius 1 is 1.07 bits per heavy atom. The Kier molecular flexibility index (Phi) is 7.38. The van der Waals surface area contributed by atoms with Crippen LogP contribution in [-0.4, -0.2) is 30.3 Å². The number of hydrogen-bond donors (Lipinski definition) is 3. The van der Waals surface area contributed by atoms with Gasteiger partial charge in [-0.2, -0.15) is 0 Å². The Morgan fingerprint density at radius 3 is 2.48 bits per heavy atom. The highest BCUT2D eigenvalue weighted by Gasteiger charge is 2.16. The summed E-state index contributed by atoms with van der Waals surface area (Å²) in [4.78, 5) is 36.7. The molecule has 3 amide bonds. The van der Waals surface area contributed by atoms with E-state index in [4.69, 9.17) is 11.6 Å². The van der Waals surface area contributed by atoms with Crippen LogP contribution in [0.15, 0.2) is 46.9 Å². The summed E-state index contributed by atoms with van der Waals surface area (Å²) >= 11 is 9.22. The maximum atomic E-state index is 12.5.